The molecular weight excluding hydrogens is 186 g/mol. The minimum absolute atomic E-state index is 0.442. The van der Waals surface area contributed by atoms with Crippen molar-refractivity contribution in [3.05, 3.63) is 10.3 Å². The smallest absolute Gasteiger partial charge is 0.179 e. The van der Waals surface area contributed by atoms with Crippen LogP contribution in [0, 0.1) is 0 Å². The minimum Gasteiger partial charge on any atom is -0.242 e. The highest BCUT2D eigenvalue weighted by Crippen LogP contribution is 2.16. The third-order valence-electron chi connectivity index (χ3n) is 1.40. The van der Waals surface area contributed by atoms with E-state index in [1.807, 2.05) is 11.8 Å². The summed E-state index contributed by atoms with van der Waals surface area (Å²) < 4.78 is 0. The molecule has 0 spiro atoms. The summed E-state index contributed by atoms with van der Waals surface area (Å²) in [5.41, 5.74) is 1.27. The van der Waals surface area contributed by atoms with Gasteiger partial charge in [0.15, 0.2) is 6.04 Å². The molecule has 0 aliphatic rings. The van der Waals surface area contributed by atoms with E-state index >= 15 is 0 Å². The van der Waals surface area contributed by atoms with E-state index in [9.17, 15) is 0 Å². The van der Waals surface area contributed by atoms with Gasteiger partial charge in [0.05, 0.1) is 4.91 Å². The number of hydrogen-bond donors (Lipinski definition) is 1. The van der Waals surface area contributed by atoms with Gasteiger partial charge in [0.2, 0.25) is 0 Å². The normalized spacial score (nSPS) is 14.2. The highest BCUT2D eigenvalue weighted by molar-refractivity contribution is 8.05. The van der Waals surface area contributed by atoms with E-state index in [2.05, 4.69) is 43.7 Å². The molecule has 0 aromatic rings. The maximum Gasteiger partial charge on any atom is 0.179 e. The Balaban J connectivity index is 4.32. The van der Waals surface area contributed by atoms with Crippen LogP contribution >= 0.6 is 23.5 Å². The van der Waals surface area contributed by atoms with Gasteiger partial charge in [-0.25, -0.2) is 4.99 Å². The van der Waals surface area contributed by atoms with Crippen LogP contribution in [0.1, 0.15) is 20.8 Å². The second-order valence-corrected chi connectivity index (χ2v) is 4.41. The fourth-order valence-corrected chi connectivity index (χ4v) is 2.47. The van der Waals surface area contributed by atoms with Gasteiger partial charge >= 0.3 is 0 Å². The predicted molar refractivity (Wildman–Crippen MR) is 61.9 cm³/mol. The van der Waals surface area contributed by atoms with Crippen molar-refractivity contribution in [3.8, 4) is 0 Å². The quantitative estimate of drug-likeness (QED) is 0.698. The summed E-state index contributed by atoms with van der Waals surface area (Å²) in [5.74, 6) is 0. The monoisotopic (exact) mass is 204 g/mol. The summed E-state index contributed by atoms with van der Waals surface area (Å²) in [5, 5.41) is 2.20. The fraction of sp³-hybridized carbons (Fsp3) is 0.667. The van der Waals surface area contributed by atoms with E-state index in [0.717, 1.165) is 0 Å². The average molecular weight is 204 g/mol. The van der Waals surface area contributed by atoms with Crippen LogP contribution in [-0.2, 0) is 0 Å². The molecule has 1 atom stereocenters. The van der Waals surface area contributed by atoms with Crippen LogP contribution in [0.4, 0.5) is 0 Å². The molecule has 3 heteroatoms. The van der Waals surface area contributed by atoms with Gasteiger partial charge in [0.1, 0.15) is 5.71 Å². The van der Waals surface area contributed by atoms with Crippen LogP contribution in [0.2, 0.25) is 0 Å². The van der Waals surface area contributed by atoms with Crippen LogP contribution in [-0.4, -0.2) is 24.3 Å². The largest absolute Gasteiger partial charge is 0.242 e. The summed E-state index contributed by atoms with van der Waals surface area (Å²) in [4.78, 5) is 4.79. The summed E-state index contributed by atoms with van der Waals surface area (Å²) in [7, 11) is 0. The zero-order chi connectivity index (χ0) is 9.56. The fourth-order valence-electron chi connectivity index (χ4n) is 0.947. The van der Waals surface area contributed by atoms with Crippen molar-refractivity contribution in [1.82, 2.24) is 0 Å². The highest BCUT2D eigenvalue weighted by Gasteiger charge is 2.10. The Bertz CT molecular complexity index is 181. The van der Waals surface area contributed by atoms with E-state index < -0.39 is 0 Å². The van der Waals surface area contributed by atoms with E-state index in [0.29, 0.717) is 6.04 Å². The first-order valence-electron chi connectivity index (χ1n) is 3.95. The van der Waals surface area contributed by atoms with Crippen LogP contribution in [0.5, 0.6) is 0 Å². The molecule has 70 valence electrons. The summed E-state index contributed by atoms with van der Waals surface area (Å²) in [6.45, 7) is 6.37. The van der Waals surface area contributed by atoms with Crippen molar-refractivity contribution in [1.29, 1.82) is 0 Å². The van der Waals surface area contributed by atoms with Gasteiger partial charge in [0, 0.05) is 20.8 Å². The lowest BCUT2D eigenvalue weighted by Gasteiger charge is -2.03. The molecular formula is C9H18NS2+. The Labute approximate surface area is 84.1 Å². The number of nitrogens with one attached hydrogen (secondary N) is 1. The number of thioether (sulfide) groups is 2. The molecule has 0 radical (unpaired) electrons. The molecule has 0 aromatic heterocycles. The van der Waals surface area contributed by atoms with Gasteiger partial charge in [-0.15, -0.1) is 23.5 Å². The maximum atomic E-state index is 3.39. The molecule has 0 saturated carbocycles. The SMILES string of the molecule is CS/C=C(\SC)C(C)[NH+]=C(C)C. The van der Waals surface area contributed by atoms with Gasteiger partial charge in [-0.05, 0) is 17.9 Å². The lowest BCUT2D eigenvalue weighted by molar-refractivity contribution is -0.485. The zero-order valence-electron chi connectivity index (χ0n) is 8.47. The predicted octanol–water partition coefficient (Wildman–Crippen LogP) is 1.50. The Morgan fingerprint density at radius 1 is 1.33 bits per heavy atom. The number of hydrogen-bond acceptors (Lipinski definition) is 2. The van der Waals surface area contributed by atoms with E-state index in [-0.39, 0.29) is 0 Å². The van der Waals surface area contributed by atoms with Crippen LogP contribution in [0.15, 0.2) is 10.3 Å². The molecule has 1 nitrogen and oxygen atoms in total. The Hall–Kier alpha value is 0.110. The first-order chi connectivity index (χ1) is 5.61. The molecule has 0 heterocycles. The molecule has 0 amide bonds. The van der Waals surface area contributed by atoms with E-state index in [1.54, 1.807) is 11.8 Å². The summed E-state index contributed by atoms with van der Waals surface area (Å²) in [6, 6.07) is 0.442. The van der Waals surface area contributed by atoms with Gasteiger partial charge in [-0.3, -0.25) is 0 Å². The first-order valence-corrected chi connectivity index (χ1v) is 6.46. The van der Waals surface area contributed by atoms with Crippen molar-refractivity contribution in [3.63, 3.8) is 0 Å². The molecule has 0 aromatic carbocycles. The molecule has 0 aliphatic heterocycles. The first kappa shape index (κ1) is 12.1. The van der Waals surface area contributed by atoms with E-state index in [4.69, 9.17) is 0 Å². The zero-order valence-corrected chi connectivity index (χ0v) is 10.1. The number of rotatable bonds is 4. The molecule has 1 unspecified atom stereocenters. The van der Waals surface area contributed by atoms with Crippen molar-refractivity contribution in [2.24, 2.45) is 0 Å². The van der Waals surface area contributed by atoms with Crippen molar-refractivity contribution in [2.45, 2.75) is 26.8 Å². The lowest BCUT2D eigenvalue weighted by atomic mass is 10.3. The van der Waals surface area contributed by atoms with Crippen LogP contribution in [0.25, 0.3) is 0 Å². The summed E-state index contributed by atoms with van der Waals surface area (Å²) in [6.07, 6.45) is 4.21. The van der Waals surface area contributed by atoms with Gasteiger partial charge < -0.3 is 0 Å². The van der Waals surface area contributed by atoms with Crippen LogP contribution < -0.4 is 4.99 Å². The third kappa shape index (κ3) is 4.88. The van der Waals surface area contributed by atoms with E-state index in [1.165, 1.54) is 10.6 Å². The standard InChI is InChI=1S/C9H17NS2/c1-7(2)10-8(3)9(12-5)6-11-4/h6,8H,1-5H3/p+1/b9-6-. The Morgan fingerprint density at radius 2 is 1.92 bits per heavy atom. The highest BCUT2D eigenvalue weighted by atomic mass is 32.2. The molecule has 1 N–H and O–H groups in total. The van der Waals surface area contributed by atoms with Gasteiger partial charge in [-0.2, -0.15) is 0 Å². The lowest BCUT2D eigenvalue weighted by Crippen LogP contribution is -2.78. The Morgan fingerprint density at radius 3 is 2.25 bits per heavy atom. The average Bonchev–Trinajstić information content (AvgIpc) is 1.98. The second kappa shape index (κ2) is 6.61. The van der Waals surface area contributed by atoms with Gasteiger partial charge in [0.25, 0.3) is 0 Å². The molecule has 0 rings (SSSR count). The topological polar surface area (TPSA) is 14.0 Å². The van der Waals surface area contributed by atoms with Crippen LogP contribution in [0.3, 0.4) is 0 Å². The molecule has 0 aliphatic carbocycles. The van der Waals surface area contributed by atoms with Crippen molar-refractivity contribution < 1.29 is 4.99 Å². The summed E-state index contributed by atoms with van der Waals surface area (Å²) >= 11 is 3.57. The second-order valence-electron chi connectivity index (χ2n) is 2.83. The molecule has 12 heavy (non-hydrogen) atoms. The Kier molecular flexibility index (Phi) is 6.67. The minimum atomic E-state index is 0.442. The van der Waals surface area contributed by atoms with Crippen molar-refractivity contribution >= 4 is 29.2 Å². The third-order valence-corrected chi connectivity index (χ3v) is 2.98. The molecule has 0 saturated heterocycles. The van der Waals surface area contributed by atoms with Crippen molar-refractivity contribution in [2.75, 3.05) is 12.5 Å². The van der Waals surface area contributed by atoms with Gasteiger partial charge in [-0.1, -0.05) is 0 Å². The molecule has 0 fully saturated rings. The maximum absolute atomic E-state index is 3.39. The molecule has 0 bridgehead atoms.